The number of nitrogens with one attached hydrogen (secondary N) is 2. The Morgan fingerprint density at radius 3 is 1.96 bits per heavy atom. The number of rotatable bonds is 17. The van der Waals surface area contributed by atoms with E-state index < -0.39 is 0 Å². The van der Waals surface area contributed by atoms with Crippen LogP contribution in [-0.4, -0.2) is 59.8 Å². The molecule has 12 heteroatoms. The van der Waals surface area contributed by atoms with Crippen LogP contribution in [0.1, 0.15) is 47.8 Å². The summed E-state index contributed by atoms with van der Waals surface area (Å²) in [5, 5.41) is 10.7. The van der Waals surface area contributed by atoms with Gasteiger partial charge in [0.05, 0.1) is 54.3 Å². The average molecular weight is 710 g/mol. The molecule has 6 rings (SSSR count). The summed E-state index contributed by atoms with van der Waals surface area (Å²) in [6.45, 7) is 1.08. The summed E-state index contributed by atoms with van der Waals surface area (Å²) in [6.07, 6.45) is 3.31. The van der Waals surface area contributed by atoms with Crippen LogP contribution in [0.25, 0.3) is 22.6 Å². The molecule has 52 heavy (non-hydrogen) atoms. The molecule has 2 N–H and O–H groups in total. The molecule has 2 heterocycles. The molecule has 5 aromatic rings. The molecular weight excluding hydrogens is 666 g/mol. The number of carbonyl (C=O) groups is 1. The monoisotopic (exact) mass is 709 g/mol. The van der Waals surface area contributed by atoms with Gasteiger partial charge in [-0.2, -0.15) is 0 Å². The maximum absolute atomic E-state index is 12.6. The lowest BCUT2D eigenvalue weighted by Crippen LogP contribution is -2.38. The van der Waals surface area contributed by atoms with Gasteiger partial charge in [-0.3, -0.25) is 4.79 Å². The Kier molecular flexibility index (Phi) is 11.5. The smallest absolute Gasteiger partial charge is 0.255 e. The largest absolute Gasteiger partial charge is 0.493 e. The van der Waals surface area contributed by atoms with E-state index in [0.717, 1.165) is 48.1 Å². The Morgan fingerprint density at radius 1 is 0.615 bits per heavy atom. The molecule has 1 atom stereocenters. The van der Waals surface area contributed by atoms with E-state index in [1.165, 1.54) is 0 Å². The molecule has 1 aliphatic heterocycles. The zero-order valence-electron chi connectivity index (χ0n) is 29.9. The van der Waals surface area contributed by atoms with E-state index in [4.69, 9.17) is 37.7 Å². The van der Waals surface area contributed by atoms with Gasteiger partial charge in [0.2, 0.25) is 5.75 Å². The normalized spacial score (nSPS) is 13.3. The molecule has 1 aliphatic rings. The van der Waals surface area contributed by atoms with E-state index in [1.54, 1.807) is 41.6 Å². The highest BCUT2D eigenvalue weighted by Crippen LogP contribution is 2.42. The van der Waals surface area contributed by atoms with Gasteiger partial charge >= 0.3 is 0 Å². The third-order valence-electron chi connectivity index (χ3n) is 8.74. The fourth-order valence-corrected chi connectivity index (χ4v) is 6.00. The lowest BCUT2D eigenvalue weighted by atomic mass is 10.1. The minimum Gasteiger partial charge on any atom is -0.493 e. The van der Waals surface area contributed by atoms with Gasteiger partial charge < -0.3 is 48.3 Å². The molecule has 4 aromatic carbocycles. The first-order valence-electron chi connectivity index (χ1n) is 17.0. The Hall–Kier alpha value is -6.04. The van der Waals surface area contributed by atoms with Gasteiger partial charge in [-0.05, 0) is 85.8 Å². The number of anilines is 1. The van der Waals surface area contributed by atoms with Crippen molar-refractivity contribution in [2.75, 3.05) is 54.1 Å². The zero-order valence-corrected chi connectivity index (χ0v) is 29.9. The standard InChI is InChI=1S/C40H43N3O9/c1-45-31-16-14-25(33-24-30(43-52-33)27-22-36(47-3)38(49-5)37(23-27)48-4)20-35(31)51-19-11-7-6-10-18-50-32-17-15-26(21-34(32)46-2)39-41-29-13-9-8-12-28(29)40(44)42-39/h8-9,12-17,20-24,39,41H,6-7,10-11,18-19H2,1-5H3,(H,42,44). The topological polar surface area (TPSA) is 132 Å². The number of hydrogen-bond donors (Lipinski definition) is 2. The predicted octanol–water partition coefficient (Wildman–Crippen LogP) is 7.92. The van der Waals surface area contributed by atoms with E-state index in [-0.39, 0.29) is 12.1 Å². The van der Waals surface area contributed by atoms with Gasteiger partial charge in [-0.25, -0.2) is 0 Å². The molecule has 1 amide bonds. The summed E-state index contributed by atoms with van der Waals surface area (Å²) in [7, 11) is 7.93. The van der Waals surface area contributed by atoms with Crippen LogP contribution >= 0.6 is 0 Å². The minimum absolute atomic E-state index is 0.119. The Labute approximate surface area is 302 Å². The molecule has 272 valence electrons. The molecule has 0 spiro atoms. The number of hydrogen-bond acceptors (Lipinski definition) is 11. The van der Waals surface area contributed by atoms with E-state index in [2.05, 4.69) is 15.8 Å². The van der Waals surface area contributed by atoms with Gasteiger partial charge in [0, 0.05) is 22.9 Å². The molecule has 0 radical (unpaired) electrons. The molecular formula is C40H43N3O9. The second-order valence-corrected chi connectivity index (χ2v) is 12.0. The number of benzene rings is 4. The van der Waals surface area contributed by atoms with Gasteiger partial charge in [0.15, 0.2) is 40.3 Å². The van der Waals surface area contributed by atoms with Crippen LogP contribution < -0.4 is 43.8 Å². The molecule has 1 aromatic heterocycles. The van der Waals surface area contributed by atoms with E-state index in [1.807, 2.05) is 72.8 Å². The van der Waals surface area contributed by atoms with Crippen LogP contribution in [0.3, 0.4) is 0 Å². The van der Waals surface area contributed by atoms with Crippen molar-refractivity contribution < 1.29 is 42.5 Å². The SMILES string of the molecule is COc1cc(C2NC(=O)c3ccccc3N2)ccc1OCCCCCCOc1cc(-c2cc(-c3cc(OC)c(OC)c(OC)c3)no2)ccc1OC. The van der Waals surface area contributed by atoms with E-state index >= 15 is 0 Å². The lowest BCUT2D eigenvalue weighted by Gasteiger charge is -2.28. The van der Waals surface area contributed by atoms with Crippen molar-refractivity contribution in [3.05, 3.63) is 90.0 Å². The first kappa shape index (κ1) is 35.8. The first-order valence-corrected chi connectivity index (χ1v) is 17.0. The molecule has 0 fully saturated rings. The van der Waals surface area contributed by atoms with Gasteiger partial charge in [0.1, 0.15) is 11.9 Å². The third-order valence-corrected chi connectivity index (χ3v) is 8.74. The number of ether oxygens (including phenoxy) is 7. The van der Waals surface area contributed by atoms with Crippen molar-refractivity contribution in [3.63, 3.8) is 0 Å². The number of fused-ring (bicyclic) bond motifs is 1. The van der Waals surface area contributed by atoms with Crippen LogP contribution in [0.4, 0.5) is 5.69 Å². The highest BCUT2D eigenvalue weighted by atomic mass is 16.5. The van der Waals surface area contributed by atoms with Crippen molar-refractivity contribution >= 4 is 11.6 Å². The summed E-state index contributed by atoms with van der Waals surface area (Å²) >= 11 is 0. The van der Waals surface area contributed by atoms with Crippen LogP contribution in [0.5, 0.6) is 40.2 Å². The van der Waals surface area contributed by atoms with E-state index in [9.17, 15) is 4.79 Å². The number of para-hydroxylation sites is 1. The summed E-state index contributed by atoms with van der Waals surface area (Å²) < 4.78 is 45.5. The molecule has 0 bridgehead atoms. The molecule has 0 saturated carbocycles. The Morgan fingerprint density at radius 2 is 1.27 bits per heavy atom. The first-order chi connectivity index (χ1) is 25.5. The maximum atomic E-state index is 12.6. The van der Waals surface area contributed by atoms with Crippen LogP contribution in [-0.2, 0) is 0 Å². The molecule has 0 saturated heterocycles. The summed E-state index contributed by atoms with van der Waals surface area (Å²) in [4.78, 5) is 12.6. The number of methoxy groups -OCH3 is 5. The second kappa shape index (κ2) is 16.8. The maximum Gasteiger partial charge on any atom is 0.255 e. The van der Waals surface area contributed by atoms with Crippen molar-refractivity contribution in [1.82, 2.24) is 10.5 Å². The van der Waals surface area contributed by atoms with Gasteiger partial charge in [0.25, 0.3) is 5.91 Å². The summed E-state index contributed by atoms with van der Waals surface area (Å²) in [5.74, 6) is 4.53. The zero-order chi connectivity index (χ0) is 36.5. The number of unbranched alkanes of at least 4 members (excludes halogenated alkanes) is 3. The third kappa shape index (κ3) is 7.96. The molecule has 0 aliphatic carbocycles. The summed E-state index contributed by atoms with van der Waals surface area (Å²) in [6, 6.07) is 24.3. The van der Waals surface area contributed by atoms with Crippen molar-refractivity contribution in [3.8, 4) is 62.8 Å². The second-order valence-electron chi connectivity index (χ2n) is 12.0. The van der Waals surface area contributed by atoms with Crippen LogP contribution in [0, 0.1) is 0 Å². The predicted molar refractivity (Wildman–Crippen MR) is 196 cm³/mol. The average Bonchev–Trinajstić information content (AvgIpc) is 3.69. The Balaban J connectivity index is 0.975. The van der Waals surface area contributed by atoms with Crippen molar-refractivity contribution in [1.29, 1.82) is 0 Å². The fraction of sp³-hybridized carbons (Fsp3) is 0.300. The lowest BCUT2D eigenvalue weighted by molar-refractivity contribution is 0.0935. The molecule has 1 unspecified atom stereocenters. The highest BCUT2D eigenvalue weighted by molar-refractivity contribution is 6.01. The molecule has 12 nitrogen and oxygen atoms in total. The van der Waals surface area contributed by atoms with Crippen molar-refractivity contribution in [2.45, 2.75) is 31.8 Å². The Bertz CT molecular complexity index is 1970. The quantitative estimate of drug-likeness (QED) is 0.0913. The summed E-state index contributed by atoms with van der Waals surface area (Å²) in [5.41, 5.74) is 4.46. The van der Waals surface area contributed by atoms with Crippen molar-refractivity contribution in [2.24, 2.45) is 0 Å². The number of amides is 1. The van der Waals surface area contributed by atoms with Gasteiger partial charge in [-0.1, -0.05) is 23.4 Å². The highest BCUT2D eigenvalue weighted by Gasteiger charge is 2.25. The number of aromatic nitrogens is 1. The van der Waals surface area contributed by atoms with E-state index in [0.29, 0.717) is 70.5 Å². The number of nitrogens with zero attached hydrogens (tertiary/aromatic N) is 1. The number of carbonyl (C=O) groups excluding carboxylic acids is 1. The fourth-order valence-electron chi connectivity index (χ4n) is 6.00. The van der Waals surface area contributed by atoms with Gasteiger partial charge in [-0.15, -0.1) is 0 Å². The van der Waals surface area contributed by atoms with Crippen LogP contribution in [0.2, 0.25) is 0 Å². The van der Waals surface area contributed by atoms with Crippen LogP contribution in [0.15, 0.2) is 83.4 Å². The minimum atomic E-state index is -0.370.